The van der Waals surface area contributed by atoms with Gasteiger partial charge in [0.25, 0.3) is 0 Å². The maximum atomic E-state index is 13.0. The number of anilines is 1. The zero-order chi connectivity index (χ0) is 13.1. The third-order valence-electron chi connectivity index (χ3n) is 2.68. The Balaban J connectivity index is 2.62. The van der Waals surface area contributed by atoms with Gasteiger partial charge in [-0.15, -0.1) is 0 Å². The predicted molar refractivity (Wildman–Crippen MR) is 70.2 cm³/mol. The molecule has 1 N–H and O–H groups in total. The highest BCUT2D eigenvalue weighted by Gasteiger charge is 2.20. The molecule has 0 saturated carbocycles. The summed E-state index contributed by atoms with van der Waals surface area (Å²) in [5.41, 5.74) is 0.631. The van der Waals surface area contributed by atoms with Crippen LogP contribution in [-0.4, -0.2) is 18.8 Å². The van der Waals surface area contributed by atoms with Crippen molar-refractivity contribution in [2.75, 3.05) is 12.4 Å². The Hall–Kier alpha value is -0.800. The largest absolute Gasteiger partial charge is 0.382 e. The molecule has 0 saturated heterocycles. The molecule has 1 atom stereocenters. The second kappa shape index (κ2) is 5.69. The van der Waals surface area contributed by atoms with Gasteiger partial charge in [0.15, 0.2) is 0 Å². The summed E-state index contributed by atoms with van der Waals surface area (Å²) in [6.07, 6.45) is 0.846. The molecule has 17 heavy (non-hydrogen) atoms. The summed E-state index contributed by atoms with van der Waals surface area (Å²) < 4.78 is 18.3. The Morgan fingerprint density at radius 3 is 2.65 bits per heavy atom. The van der Waals surface area contributed by atoms with Gasteiger partial charge < -0.3 is 10.1 Å². The molecule has 0 aliphatic rings. The van der Waals surface area contributed by atoms with Gasteiger partial charge in [-0.2, -0.15) is 0 Å². The number of rotatable bonds is 5. The van der Waals surface area contributed by atoms with E-state index in [4.69, 9.17) is 16.3 Å². The molecule has 1 rings (SSSR count). The Morgan fingerprint density at radius 2 is 2.12 bits per heavy atom. The van der Waals surface area contributed by atoms with Gasteiger partial charge >= 0.3 is 0 Å². The van der Waals surface area contributed by atoms with Gasteiger partial charge in [0.1, 0.15) is 5.82 Å². The summed E-state index contributed by atoms with van der Waals surface area (Å²) in [7, 11) is 1.70. The van der Waals surface area contributed by atoms with Crippen LogP contribution in [0, 0.1) is 5.82 Å². The van der Waals surface area contributed by atoms with Crippen molar-refractivity contribution in [2.45, 2.75) is 38.8 Å². The lowest BCUT2D eigenvalue weighted by Gasteiger charge is -2.27. The van der Waals surface area contributed by atoms with E-state index >= 15 is 0 Å². The van der Waals surface area contributed by atoms with Crippen LogP contribution in [0.15, 0.2) is 18.2 Å². The monoisotopic (exact) mass is 259 g/mol. The molecule has 0 amide bonds. The SMILES string of the molecule is COC(C)(C)CC(C)Nc1ccc(F)c(Cl)c1. The number of hydrogen-bond acceptors (Lipinski definition) is 2. The van der Waals surface area contributed by atoms with Crippen LogP contribution in [0.1, 0.15) is 27.2 Å². The molecule has 0 spiro atoms. The molecule has 0 fully saturated rings. The van der Waals surface area contributed by atoms with Crippen LogP contribution < -0.4 is 5.32 Å². The lowest BCUT2D eigenvalue weighted by atomic mass is 10.00. The van der Waals surface area contributed by atoms with Crippen LogP contribution in [-0.2, 0) is 4.74 Å². The van der Waals surface area contributed by atoms with Crippen molar-refractivity contribution in [1.29, 1.82) is 0 Å². The van der Waals surface area contributed by atoms with E-state index in [1.165, 1.54) is 6.07 Å². The van der Waals surface area contributed by atoms with Crippen molar-refractivity contribution in [3.8, 4) is 0 Å². The summed E-state index contributed by atoms with van der Waals surface area (Å²) in [4.78, 5) is 0. The van der Waals surface area contributed by atoms with Gasteiger partial charge in [0, 0.05) is 18.8 Å². The van der Waals surface area contributed by atoms with E-state index in [-0.39, 0.29) is 16.7 Å². The lowest BCUT2D eigenvalue weighted by Crippen LogP contribution is -2.31. The fraction of sp³-hybridized carbons (Fsp3) is 0.538. The normalized spacial score (nSPS) is 13.5. The first-order valence-corrected chi connectivity index (χ1v) is 5.98. The van der Waals surface area contributed by atoms with E-state index in [0.717, 1.165) is 12.1 Å². The Bertz CT molecular complexity index is 382. The van der Waals surface area contributed by atoms with Gasteiger partial charge in [-0.25, -0.2) is 4.39 Å². The zero-order valence-corrected chi connectivity index (χ0v) is 11.4. The van der Waals surface area contributed by atoms with Crippen LogP contribution in [0.5, 0.6) is 0 Å². The predicted octanol–water partition coefficient (Wildman–Crippen LogP) is 4.09. The molecule has 2 nitrogen and oxygen atoms in total. The third-order valence-corrected chi connectivity index (χ3v) is 2.97. The molecule has 96 valence electrons. The lowest BCUT2D eigenvalue weighted by molar-refractivity contribution is 0.0128. The second-order valence-corrected chi connectivity index (χ2v) is 5.25. The van der Waals surface area contributed by atoms with E-state index in [1.54, 1.807) is 19.2 Å². The Morgan fingerprint density at radius 1 is 1.47 bits per heavy atom. The van der Waals surface area contributed by atoms with Crippen LogP contribution in [0.2, 0.25) is 5.02 Å². The van der Waals surface area contributed by atoms with Crippen molar-refractivity contribution < 1.29 is 9.13 Å². The number of ether oxygens (including phenoxy) is 1. The standard InChI is InChI=1S/C13H19ClFNO/c1-9(8-13(2,3)17-4)16-10-5-6-12(15)11(14)7-10/h5-7,9,16H,8H2,1-4H3. The minimum atomic E-state index is -0.401. The van der Waals surface area contributed by atoms with E-state index < -0.39 is 5.82 Å². The van der Waals surface area contributed by atoms with Crippen LogP contribution in [0.3, 0.4) is 0 Å². The number of methoxy groups -OCH3 is 1. The highest BCUT2D eigenvalue weighted by molar-refractivity contribution is 6.31. The summed E-state index contributed by atoms with van der Waals surface area (Å²) in [5.74, 6) is -0.401. The minimum absolute atomic E-state index is 0.133. The van der Waals surface area contributed by atoms with Crippen molar-refractivity contribution in [1.82, 2.24) is 0 Å². The van der Waals surface area contributed by atoms with Crippen molar-refractivity contribution in [2.24, 2.45) is 0 Å². The molecule has 0 heterocycles. The van der Waals surface area contributed by atoms with Crippen molar-refractivity contribution >= 4 is 17.3 Å². The van der Waals surface area contributed by atoms with Gasteiger partial charge in [0.2, 0.25) is 0 Å². The van der Waals surface area contributed by atoms with Crippen LogP contribution in [0.25, 0.3) is 0 Å². The van der Waals surface area contributed by atoms with Gasteiger partial charge in [-0.05, 0) is 45.4 Å². The van der Waals surface area contributed by atoms with Crippen molar-refractivity contribution in [3.63, 3.8) is 0 Å². The molecule has 0 radical (unpaired) electrons. The Labute approximate surface area is 107 Å². The fourth-order valence-electron chi connectivity index (χ4n) is 1.74. The first kappa shape index (κ1) is 14.3. The van der Waals surface area contributed by atoms with Gasteiger partial charge in [-0.3, -0.25) is 0 Å². The molecule has 1 aromatic rings. The molecule has 0 aliphatic carbocycles. The summed E-state index contributed by atoms with van der Waals surface area (Å²) in [6, 6.07) is 4.84. The zero-order valence-electron chi connectivity index (χ0n) is 10.7. The summed E-state index contributed by atoms with van der Waals surface area (Å²) in [6.45, 7) is 6.11. The molecule has 4 heteroatoms. The van der Waals surface area contributed by atoms with Crippen LogP contribution in [0.4, 0.5) is 10.1 Å². The summed E-state index contributed by atoms with van der Waals surface area (Å²) >= 11 is 5.72. The van der Waals surface area contributed by atoms with E-state index in [0.29, 0.717) is 0 Å². The highest BCUT2D eigenvalue weighted by atomic mass is 35.5. The molecule has 1 unspecified atom stereocenters. The molecular formula is C13H19ClFNO. The molecular weight excluding hydrogens is 241 g/mol. The average molecular weight is 260 g/mol. The average Bonchev–Trinajstić information content (AvgIpc) is 2.23. The topological polar surface area (TPSA) is 21.3 Å². The number of benzene rings is 1. The fourth-order valence-corrected chi connectivity index (χ4v) is 1.92. The van der Waals surface area contributed by atoms with Gasteiger partial charge in [0.05, 0.1) is 10.6 Å². The quantitative estimate of drug-likeness (QED) is 0.860. The van der Waals surface area contributed by atoms with Gasteiger partial charge in [-0.1, -0.05) is 11.6 Å². The molecule has 0 aromatic heterocycles. The van der Waals surface area contributed by atoms with E-state index in [9.17, 15) is 4.39 Å². The first-order valence-electron chi connectivity index (χ1n) is 5.61. The number of nitrogens with one attached hydrogen (secondary N) is 1. The maximum absolute atomic E-state index is 13.0. The number of hydrogen-bond donors (Lipinski definition) is 1. The Kier molecular flexibility index (Phi) is 4.78. The first-order chi connectivity index (χ1) is 7.84. The van der Waals surface area contributed by atoms with E-state index in [2.05, 4.69) is 12.2 Å². The maximum Gasteiger partial charge on any atom is 0.141 e. The molecule has 0 aliphatic heterocycles. The molecule has 0 bridgehead atoms. The summed E-state index contributed by atoms with van der Waals surface area (Å²) in [5, 5.41) is 3.40. The van der Waals surface area contributed by atoms with Crippen molar-refractivity contribution in [3.05, 3.63) is 29.0 Å². The molecule has 1 aromatic carbocycles. The number of halogens is 2. The highest BCUT2D eigenvalue weighted by Crippen LogP contribution is 2.22. The smallest absolute Gasteiger partial charge is 0.141 e. The second-order valence-electron chi connectivity index (χ2n) is 4.84. The third kappa shape index (κ3) is 4.52. The van der Waals surface area contributed by atoms with E-state index in [1.807, 2.05) is 13.8 Å². The van der Waals surface area contributed by atoms with Crippen LogP contribution >= 0.6 is 11.6 Å². The minimum Gasteiger partial charge on any atom is -0.382 e.